The SMILES string of the molecule is CC(C(=O)Nc1nccs1)N1CCN(CC(O)C(C)(C)C)CC1. The van der Waals surface area contributed by atoms with E-state index in [-0.39, 0.29) is 23.5 Å². The first-order valence-corrected chi connectivity index (χ1v) is 9.00. The van der Waals surface area contributed by atoms with Gasteiger partial charge in [0.15, 0.2) is 5.13 Å². The van der Waals surface area contributed by atoms with Crippen molar-refractivity contribution in [1.82, 2.24) is 14.8 Å². The van der Waals surface area contributed by atoms with Gasteiger partial charge in [-0.2, -0.15) is 0 Å². The number of carbonyl (C=O) groups excluding carboxylic acids is 1. The average molecular weight is 340 g/mol. The number of thiazole rings is 1. The lowest BCUT2D eigenvalue weighted by Gasteiger charge is -2.39. The number of amides is 1. The maximum Gasteiger partial charge on any atom is 0.243 e. The van der Waals surface area contributed by atoms with Gasteiger partial charge in [-0.1, -0.05) is 20.8 Å². The van der Waals surface area contributed by atoms with E-state index in [1.165, 1.54) is 11.3 Å². The molecule has 7 heteroatoms. The zero-order chi connectivity index (χ0) is 17.0. The first-order chi connectivity index (χ1) is 10.8. The molecule has 1 aliphatic rings. The van der Waals surface area contributed by atoms with Crippen molar-refractivity contribution in [1.29, 1.82) is 0 Å². The number of hydrogen-bond acceptors (Lipinski definition) is 6. The number of piperazine rings is 1. The number of hydrogen-bond donors (Lipinski definition) is 2. The molecule has 2 N–H and O–H groups in total. The molecule has 2 unspecified atom stereocenters. The Balaban J connectivity index is 1.78. The summed E-state index contributed by atoms with van der Waals surface area (Å²) < 4.78 is 0. The van der Waals surface area contributed by atoms with Crippen molar-refractivity contribution >= 4 is 22.4 Å². The van der Waals surface area contributed by atoms with Crippen LogP contribution in [0.4, 0.5) is 5.13 Å². The Bertz CT molecular complexity index is 493. The molecule has 2 heterocycles. The van der Waals surface area contributed by atoms with Gasteiger partial charge in [-0.3, -0.25) is 14.6 Å². The minimum atomic E-state index is -0.334. The number of nitrogens with zero attached hydrogens (tertiary/aromatic N) is 3. The smallest absolute Gasteiger partial charge is 0.243 e. The molecule has 130 valence electrons. The van der Waals surface area contributed by atoms with Gasteiger partial charge in [-0.25, -0.2) is 4.98 Å². The van der Waals surface area contributed by atoms with Crippen molar-refractivity contribution in [2.75, 3.05) is 38.0 Å². The first-order valence-electron chi connectivity index (χ1n) is 8.12. The summed E-state index contributed by atoms with van der Waals surface area (Å²) in [6, 6.07) is -0.173. The minimum absolute atomic E-state index is 0.0110. The molecule has 0 saturated carbocycles. The van der Waals surface area contributed by atoms with Gasteiger partial charge in [-0.15, -0.1) is 11.3 Å². The highest BCUT2D eigenvalue weighted by Crippen LogP contribution is 2.20. The number of aromatic nitrogens is 1. The van der Waals surface area contributed by atoms with E-state index >= 15 is 0 Å². The summed E-state index contributed by atoms with van der Waals surface area (Å²) in [5.41, 5.74) is -0.0992. The number of rotatable bonds is 5. The molecule has 1 fully saturated rings. The molecular formula is C16H28N4O2S. The number of aliphatic hydroxyl groups is 1. The first kappa shape index (κ1) is 18.3. The zero-order valence-corrected chi connectivity index (χ0v) is 15.3. The van der Waals surface area contributed by atoms with E-state index in [0.29, 0.717) is 11.7 Å². The second-order valence-corrected chi connectivity index (χ2v) is 8.12. The van der Waals surface area contributed by atoms with Crippen LogP contribution >= 0.6 is 11.3 Å². The Hall–Kier alpha value is -1.02. The van der Waals surface area contributed by atoms with Gasteiger partial charge in [-0.05, 0) is 12.3 Å². The molecule has 2 rings (SSSR count). The highest BCUT2D eigenvalue weighted by molar-refractivity contribution is 7.13. The van der Waals surface area contributed by atoms with E-state index in [0.717, 1.165) is 26.2 Å². The predicted molar refractivity (Wildman–Crippen MR) is 93.7 cm³/mol. The van der Waals surface area contributed by atoms with Gasteiger partial charge in [0.25, 0.3) is 0 Å². The average Bonchev–Trinajstić information content (AvgIpc) is 2.99. The molecule has 6 nitrogen and oxygen atoms in total. The van der Waals surface area contributed by atoms with Gasteiger partial charge in [0, 0.05) is 44.3 Å². The lowest BCUT2D eigenvalue weighted by atomic mass is 9.89. The maximum absolute atomic E-state index is 12.3. The van der Waals surface area contributed by atoms with E-state index in [2.05, 4.69) is 40.9 Å². The summed E-state index contributed by atoms with van der Waals surface area (Å²) in [6.07, 6.45) is 1.35. The van der Waals surface area contributed by atoms with E-state index in [4.69, 9.17) is 0 Å². The summed E-state index contributed by atoms with van der Waals surface area (Å²) in [5, 5.41) is 15.6. The molecule has 1 aromatic heterocycles. The Morgan fingerprint density at radius 2 is 2.04 bits per heavy atom. The second-order valence-electron chi connectivity index (χ2n) is 7.22. The van der Waals surface area contributed by atoms with Crippen molar-refractivity contribution in [3.63, 3.8) is 0 Å². The topological polar surface area (TPSA) is 68.7 Å². The van der Waals surface area contributed by atoms with Gasteiger partial charge < -0.3 is 10.4 Å². The monoisotopic (exact) mass is 340 g/mol. The molecule has 1 saturated heterocycles. The van der Waals surface area contributed by atoms with Crippen LogP contribution in [0.5, 0.6) is 0 Å². The van der Waals surface area contributed by atoms with Crippen LogP contribution in [0.1, 0.15) is 27.7 Å². The summed E-state index contributed by atoms with van der Waals surface area (Å²) in [5.74, 6) is -0.0110. The quantitative estimate of drug-likeness (QED) is 0.850. The fraction of sp³-hybridized carbons (Fsp3) is 0.750. The maximum atomic E-state index is 12.3. The van der Waals surface area contributed by atoms with Gasteiger partial charge in [0.1, 0.15) is 0 Å². The van der Waals surface area contributed by atoms with Crippen LogP contribution in [-0.4, -0.2) is 70.7 Å². The van der Waals surface area contributed by atoms with E-state index in [1.54, 1.807) is 6.20 Å². The number of carbonyl (C=O) groups is 1. The highest BCUT2D eigenvalue weighted by atomic mass is 32.1. The van der Waals surface area contributed by atoms with Crippen LogP contribution in [0.15, 0.2) is 11.6 Å². The van der Waals surface area contributed by atoms with Gasteiger partial charge >= 0.3 is 0 Å². The molecule has 0 bridgehead atoms. The molecule has 0 aromatic carbocycles. The second kappa shape index (κ2) is 7.70. The van der Waals surface area contributed by atoms with Crippen LogP contribution in [0.2, 0.25) is 0 Å². The summed E-state index contributed by atoms with van der Waals surface area (Å²) >= 11 is 1.43. The number of anilines is 1. The molecule has 23 heavy (non-hydrogen) atoms. The largest absolute Gasteiger partial charge is 0.391 e. The van der Waals surface area contributed by atoms with Crippen LogP contribution in [0.25, 0.3) is 0 Å². The predicted octanol–water partition coefficient (Wildman–Crippen LogP) is 1.49. The van der Waals surface area contributed by atoms with Crippen LogP contribution in [0.3, 0.4) is 0 Å². The molecular weight excluding hydrogens is 312 g/mol. The third kappa shape index (κ3) is 5.24. The summed E-state index contributed by atoms with van der Waals surface area (Å²) in [4.78, 5) is 20.8. The zero-order valence-electron chi connectivity index (χ0n) is 14.5. The fourth-order valence-corrected chi connectivity index (χ4v) is 3.04. The third-order valence-corrected chi connectivity index (χ3v) is 5.12. The summed E-state index contributed by atoms with van der Waals surface area (Å²) in [7, 11) is 0. The number of β-amino-alcohol motifs (C(OH)–C–C–N with tert-alkyl or cyclic N) is 1. The Morgan fingerprint density at radius 1 is 1.39 bits per heavy atom. The van der Waals surface area contributed by atoms with Crippen molar-refractivity contribution < 1.29 is 9.90 Å². The third-order valence-electron chi connectivity index (χ3n) is 4.43. The molecule has 1 amide bonds. The molecule has 2 atom stereocenters. The lowest BCUT2D eigenvalue weighted by Crippen LogP contribution is -2.54. The minimum Gasteiger partial charge on any atom is -0.391 e. The van der Waals surface area contributed by atoms with Crippen molar-refractivity contribution in [2.45, 2.75) is 39.8 Å². The van der Waals surface area contributed by atoms with Crippen molar-refractivity contribution in [3.8, 4) is 0 Å². The molecule has 1 aliphatic heterocycles. The van der Waals surface area contributed by atoms with Crippen molar-refractivity contribution in [3.05, 3.63) is 11.6 Å². The number of nitrogens with one attached hydrogen (secondary N) is 1. The molecule has 1 aromatic rings. The Labute approximate surface area is 142 Å². The molecule has 0 spiro atoms. The van der Waals surface area contributed by atoms with E-state index in [1.807, 2.05) is 12.3 Å². The van der Waals surface area contributed by atoms with Crippen LogP contribution in [0, 0.1) is 5.41 Å². The Morgan fingerprint density at radius 3 is 2.57 bits per heavy atom. The molecule has 0 aliphatic carbocycles. The van der Waals surface area contributed by atoms with Crippen molar-refractivity contribution in [2.24, 2.45) is 5.41 Å². The van der Waals surface area contributed by atoms with Crippen LogP contribution in [-0.2, 0) is 4.79 Å². The molecule has 0 radical (unpaired) electrons. The van der Waals surface area contributed by atoms with E-state index in [9.17, 15) is 9.90 Å². The number of aliphatic hydroxyl groups excluding tert-OH is 1. The van der Waals surface area contributed by atoms with Gasteiger partial charge in [0.2, 0.25) is 5.91 Å². The van der Waals surface area contributed by atoms with Gasteiger partial charge in [0.05, 0.1) is 12.1 Å². The Kier molecular flexibility index (Phi) is 6.13. The standard InChI is InChI=1S/C16H28N4O2S/c1-12(14(22)18-15-17-5-10-23-15)20-8-6-19(7-9-20)11-13(21)16(2,3)4/h5,10,12-13,21H,6-9,11H2,1-4H3,(H,17,18,22). The summed E-state index contributed by atoms with van der Waals surface area (Å²) in [6.45, 7) is 12.2. The normalized spacial score (nSPS) is 20.2. The lowest BCUT2D eigenvalue weighted by molar-refractivity contribution is -0.121. The van der Waals surface area contributed by atoms with Crippen LogP contribution < -0.4 is 5.32 Å². The highest BCUT2D eigenvalue weighted by Gasteiger charge is 2.29. The fourth-order valence-electron chi connectivity index (χ4n) is 2.51. The van der Waals surface area contributed by atoms with E-state index < -0.39 is 0 Å².